The maximum atomic E-state index is 13.0. The van der Waals surface area contributed by atoms with Crippen LogP contribution in [0.1, 0.15) is 25.0 Å². The van der Waals surface area contributed by atoms with Gasteiger partial charge in [-0.15, -0.1) is 0 Å². The summed E-state index contributed by atoms with van der Waals surface area (Å²) in [6, 6.07) is 19.3. The maximum Gasteiger partial charge on any atom is 0.298 e. The minimum absolute atomic E-state index is 0.205. The number of rotatable bonds is 8. The summed E-state index contributed by atoms with van der Waals surface area (Å²) in [5, 5.41) is 2.87. The van der Waals surface area contributed by atoms with Crippen molar-refractivity contribution in [3.63, 3.8) is 0 Å². The van der Waals surface area contributed by atoms with E-state index in [-0.39, 0.29) is 17.4 Å². The fourth-order valence-corrected chi connectivity index (χ4v) is 4.54. The van der Waals surface area contributed by atoms with Crippen LogP contribution in [-0.2, 0) is 16.2 Å². The molecule has 0 aliphatic carbocycles. The van der Waals surface area contributed by atoms with Crippen molar-refractivity contribution >= 4 is 57.9 Å². The van der Waals surface area contributed by atoms with Gasteiger partial charge in [-0.25, -0.2) is 4.90 Å². The van der Waals surface area contributed by atoms with Crippen molar-refractivity contribution in [2.75, 3.05) is 16.8 Å². The normalized spacial score (nSPS) is 14.3. The Balaban J connectivity index is 1.53. The first-order valence-electron chi connectivity index (χ1n) is 11.1. The van der Waals surface area contributed by atoms with E-state index in [4.69, 9.17) is 21.1 Å². The Kier molecular flexibility index (Phi) is 7.97. The van der Waals surface area contributed by atoms with Gasteiger partial charge in [0.2, 0.25) is 5.91 Å². The Hall–Kier alpha value is -3.75. The van der Waals surface area contributed by atoms with Gasteiger partial charge in [0.1, 0.15) is 6.61 Å². The molecule has 7 nitrogen and oxygen atoms in total. The summed E-state index contributed by atoms with van der Waals surface area (Å²) in [7, 11) is 0. The van der Waals surface area contributed by atoms with E-state index in [2.05, 4.69) is 5.32 Å². The lowest BCUT2D eigenvalue weighted by atomic mass is 10.1. The number of ether oxygens (including phenoxy) is 2. The first-order valence-corrected chi connectivity index (χ1v) is 12.3. The van der Waals surface area contributed by atoms with Crippen LogP contribution in [0.15, 0.2) is 71.6 Å². The molecule has 0 aromatic heterocycles. The number of imide groups is 1. The van der Waals surface area contributed by atoms with Crippen LogP contribution in [-0.4, -0.2) is 23.7 Å². The lowest BCUT2D eigenvalue weighted by Gasteiger charge is -2.14. The first kappa shape index (κ1) is 25.3. The monoisotopic (exact) mass is 522 g/mol. The molecule has 9 heteroatoms. The number of nitrogens with zero attached hydrogens (tertiary/aromatic N) is 1. The molecule has 1 saturated heterocycles. The number of thioether (sulfide) groups is 1. The summed E-state index contributed by atoms with van der Waals surface area (Å²) < 4.78 is 11.7. The minimum atomic E-state index is -0.422. The molecule has 0 radical (unpaired) electrons. The molecule has 1 heterocycles. The third-order valence-electron chi connectivity index (χ3n) is 5.15. The molecule has 3 aromatic carbocycles. The minimum Gasteiger partial charge on any atom is -0.490 e. The summed E-state index contributed by atoms with van der Waals surface area (Å²) >= 11 is 7.08. The van der Waals surface area contributed by atoms with Gasteiger partial charge in [0, 0.05) is 23.2 Å². The van der Waals surface area contributed by atoms with Crippen molar-refractivity contribution in [2.45, 2.75) is 20.5 Å². The van der Waals surface area contributed by atoms with Gasteiger partial charge in [-0.2, -0.15) is 0 Å². The van der Waals surface area contributed by atoms with Gasteiger partial charge >= 0.3 is 0 Å². The Morgan fingerprint density at radius 2 is 1.78 bits per heavy atom. The van der Waals surface area contributed by atoms with E-state index in [0.717, 1.165) is 22.2 Å². The Bertz CT molecular complexity index is 1340. The van der Waals surface area contributed by atoms with E-state index in [1.165, 1.54) is 6.92 Å². The quantitative estimate of drug-likeness (QED) is 0.339. The van der Waals surface area contributed by atoms with Crippen LogP contribution >= 0.6 is 23.4 Å². The lowest BCUT2D eigenvalue weighted by Crippen LogP contribution is -2.27. The SMILES string of the molecule is CCOc1cc(/C=C2\SC(=O)N(c3ccc(NC(C)=O)cc3)C2=O)ccc1OCc1ccccc1Cl. The second kappa shape index (κ2) is 11.3. The summed E-state index contributed by atoms with van der Waals surface area (Å²) in [5.74, 6) is 0.435. The number of halogens is 1. The smallest absolute Gasteiger partial charge is 0.298 e. The second-order valence-corrected chi connectivity index (χ2v) is 9.16. The second-order valence-electron chi connectivity index (χ2n) is 7.76. The number of carbonyl (C=O) groups excluding carboxylic acids is 3. The number of benzene rings is 3. The standard InChI is InChI=1S/C27H23ClN2O5S/c1-3-34-24-14-18(8-13-23(24)35-16-19-6-4-5-7-22(19)28)15-25-26(32)30(27(33)36-25)21-11-9-20(10-12-21)29-17(2)31/h4-15H,3,16H2,1-2H3,(H,29,31)/b25-15-. The number of hydrogen-bond donors (Lipinski definition) is 1. The molecule has 1 fully saturated rings. The number of carbonyl (C=O) groups is 3. The van der Waals surface area contributed by atoms with Crippen molar-refractivity contribution in [2.24, 2.45) is 0 Å². The van der Waals surface area contributed by atoms with Crippen LogP contribution < -0.4 is 19.7 Å². The van der Waals surface area contributed by atoms with Crippen LogP contribution in [0.4, 0.5) is 16.2 Å². The van der Waals surface area contributed by atoms with Crippen molar-refractivity contribution in [3.8, 4) is 11.5 Å². The first-order chi connectivity index (χ1) is 17.4. The predicted molar refractivity (Wildman–Crippen MR) is 143 cm³/mol. The molecular weight excluding hydrogens is 500 g/mol. The van der Waals surface area contributed by atoms with E-state index in [9.17, 15) is 14.4 Å². The van der Waals surface area contributed by atoms with Crippen molar-refractivity contribution in [1.82, 2.24) is 0 Å². The van der Waals surface area contributed by atoms with Gasteiger partial charge < -0.3 is 14.8 Å². The number of nitrogens with one attached hydrogen (secondary N) is 1. The van der Waals surface area contributed by atoms with E-state index in [1.807, 2.05) is 25.1 Å². The van der Waals surface area contributed by atoms with E-state index in [1.54, 1.807) is 54.6 Å². The zero-order valence-corrected chi connectivity index (χ0v) is 21.2. The number of anilines is 2. The largest absolute Gasteiger partial charge is 0.490 e. The highest BCUT2D eigenvalue weighted by atomic mass is 35.5. The average molecular weight is 523 g/mol. The third kappa shape index (κ3) is 5.90. The molecule has 4 rings (SSSR count). The molecule has 0 bridgehead atoms. The summed E-state index contributed by atoms with van der Waals surface area (Å²) in [6.45, 7) is 3.98. The van der Waals surface area contributed by atoms with Crippen molar-refractivity contribution in [1.29, 1.82) is 0 Å². The van der Waals surface area contributed by atoms with E-state index >= 15 is 0 Å². The molecule has 0 unspecified atom stereocenters. The molecule has 1 aliphatic heterocycles. The molecule has 3 amide bonds. The van der Waals surface area contributed by atoms with Gasteiger partial charge in [-0.1, -0.05) is 35.9 Å². The Morgan fingerprint density at radius 1 is 1.03 bits per heavy atom. The molecule has 3 aromatic rings. The summed E-state index contributed by atoms with van der Waals surface area (Å²) in [6.07, 6.45) is 1.65. The zero-order chi connectivity index (χ0) is 25.7. The highest BCUT2D eigenvalue weighted by Crippen LogP contribution is 2.37. The number of hydrogen-bond acceptors (Lipinski definition) is 6. The Labute approximate surface area is 218 Å². The topological polar surface area (TPSA) is 84.9 Å². The van der Waals surface area contributed by atoms with E-state index < -0.39 is 11.1 Å². The molecular formula is C27H23ClN2O5S. The highest BCUT2D eigenvalue weighted by molar-refractivity contribution is 8.19. The highest BCUT2D eigenvalue weighted by Gasteiger charge is 2.36. The molecule has 184 valence electrons. The van der Waals surface area contributed by atoms with Crippen LogP contribution in [0.25, 0.3) is 6.08 Å². The van der Waals surface area contributed by atoms with Gasteiger partial charge in [0.05, 0.1) is 17.2 Å². The van der Waals surface area contributed by atoms with Crippen LogP contribution in [0.3, 0.4) is 0 Å². The molecule has 0 atom stereocenters. The Morgan fingerprint density at radius 3 is 2.47 bits per heavy atom. The van der Waals surface area contributed by atoms with Gasteiger partial charge in [0.25, 0.3) is 11.1 Å². The van der Waals surface area contributed by atoms with Crippen molar-refractivity contribution < 1.29 is 23.9 Å². The molecule has 1 aliphatic rings. The number of amides is 3. The van der Waals surface area contributed by atoms with Crippen LogP contribution in [0.2, 0.25) is 5.02 Å². The fourth-order valence-electron chi connectivity index (χ4n) is 3.51. The molecule has 0 spiro atoms. The molecule has 0 saturated carbocycles. The van der Waals surface area contributed by atoms with Crippen molar-refractivity contribution in [3.05, 3.63) is 87.8 Å². The summed E-state index contributed by atoms with van der Waals surface area (Å²) in [5.41, 5.74) is 2.54. The molecule has 1 N–H and O–H groups in total. The van der Waals surface area contributed by atoms with Gasteiger partial charge in [-0.3, -0.25) is 14.4 Å². The van der Waals surface area contributed by atoms with Crippen LogP contribution in [0, 0.1) is 0 Å². The predicted octanol–water partition coefficient (Wildman–Crippen LogP) is 6.52. The summed E-state index contributed by atoms with van der Waals surface area (Å²) in [4.78, 5) is 38.3. The van der Waals surface area contributed by atoms with E-state index in [0.29, 0.717) is 40.1 Å². The fraction of sp³-hybridized carbons (Fsp3) is 0.148. The zero-order valence-electron chi connectivity index (χ0n) is 19.6. The van der Waals surface area contributed by atoms with Crippen LogP contribution in [0.5, 0.6) is 11.5 Å². The van der Waals surface area contributed by atoms with Gasteiger partial charge in [-0.05, 0) is 72.8 Å². The average Bonchev–Trinajstić information content (AvgIpc) is 3.12. The third-order valence-corrected chi connectivity index (χ3v) is 6.38. The molecule has 36 heavy (non-hydrogen) atoms. The lowest BCUT2D eigenvalue weighted by molar-refractivity contribution is -0.114. The van der Waals surface area contributed by atoms with Gasteiger partial charge in [0.15, 0.2) is 11.5 Å². The maximum absolute atomic E-state index is 13.0.